The second-order valence-electron chi connectivity index (χ2n) is 5.65. The van der Waals surface area contributed by atoms with Crippen molar-refractivity contribution >= 4 is 11.9 Å². The van der Waals surface area contributed by atoms with E-state index < -0.39 is 18.0 Å². The average Bonchev–Trinajstić information content (AvgIpc) is 2.50. The van der Waals surface area contributed by atoms with Crippen LogP contribution >= 0.6 is 0 Å². The number of imide groups is 1. The number of nitrogens with one attached hydrogen (secondary N) is 2. The zero-order valence-corrected chi connectivity index (χ0v) is 13.4. The molecule has 5 heteroatoms. The summed E-state index contributed by atoms with van der Waals surface area (Å²) in [6.07, 6.45) is 0. The van der Waals surface area contributed by atoms with E-state index >= 15 is 0 Å². The van der Waals surface area contributed by atoms with Crippen molar-refractivity contribution < 1.29 is 14.5 Å². The summed E-state index contributed by atoms with van der Waals surface area (Å²) in [6.45, 7) is 2.71. The van der Waals surface area contributed by atoms with E-state index in [4.69, 9.17) is 5.73 Å². The summed E-state index contributed by atoms with van der Waals surface area (Å²) in [5, 5.41) is 2.20. The van der Waals surface area contributed by atoms with Crippen LogP contribution in [0.1, 0.15) is 22.7 Å². The van der Waals surface area contributed by atoms with Gasteiger partial charge in [-0.25, -0.2) is 4.79 Å². The number of urea groups is 1. The number of amides is 3. The Kier molecular flexibility index (Phi) is 5.49. The molecule has 1 unspecified atom stereocenters. The Hall–Kier alpha value is -2.66. The van der Waals surface area contributed by atoms with Crippen LogP contribution in [0.15, 0.2) is 54.6 Å². The highest BCUT2D eigenvalue weighted by atomic mass is 16.2. The summed E-state index contributed by atoms with van der Waals surface area (Å²) in [5.41, 5.74) is 8.29. The molecule has 5 nitrogen and oxygen atoms in total. The number of hydrogen-bond acceptors (Lipinski definition) is 2. The van der Waals surface area contributed by atoms with Crippen molar-refractivity contribution in [3.8, 4) is 0 Å². The van der Waals surface area contributed by atoms with Gasteiger partial charge in [0.15, 0.2) is 6.04 Å². The van der Waals surface area contributed by atoms with Crippen molar-refractivity contribution in [2.24, 2.45) is 5.73 Å². The molecule has 0 fully saturated rings. The molecule has 23 heavy (non-hydrogen) atoms. The van der Waals surface area contributed by atoms with Crippen LogP contribution < -0.4 is 16.0 Å². The van der Waals surface area contributed by atoms with Gasteiger partial charge in [0.05, 0.1) is 7.05 Å². The SMILES string of the molecule is Cc1ccccc1C[NH+](C)[C@@H](C(=O)NC(N)=O)c1ccccc1. The van der Waals surface area contributed by atoms with Crippen LogP contribution in [0.4, 0.5) is 4.79 Å². The lowest BCUT2D eigenvalue weighted by molar-refractivity contribution is -0.916. The smallest absolute Gasteiger partial charge is 0.319 e. The normalized spacial score (nSPS) is 13.1. The maximum atomic E-state index is 12.4. The molecule has 0 aliphatic carbocycles. The molecule has 2 aromatic rings. The van der Waals surface area contributed by atoms with Crippen LogP contribution in [0.3, 0.4) is 0 Å². The first-order valence-electron chi connectivity index (χ1n) is 7.51. The molecule has 2 aromatic carbocycles. The number of hydrogen-bond donors (Lipinski definition) is 3. The molecule has 3 amide bonds. The molecule has 0 spiro atoms. The highest BCUT2D eigenvalue weighted by Gasteiger charge is 2.30. The number of carbonyl (C=O) groups excluding carboxylic acids is 2. The van der Waals surface area contributed by atoms with Crippen LogP contribution in [0, 0.1) is 6.92 Å². The standard InChI is InChI=1S/C18H21N3O2/c1-13-8-6-7-11-15(13)12-21(2)16(17(22)20-18(19)23)14-9-4-3-5-10-14/h3-11,16H,12H2,1-2H3,(H3,19,20,22,23)/p+1/t16-/m1/s1. The quantitative estimate of drug-likeness (QED) is 0.769. The number of nitrogens with two attached hydrogens (primary N) is 1. The third-order valence-corrected chi connectivity index (χ3v) is 3.86. The Morgan fingerprint density at radius 2 is 1.70 bits per heavy atom. The van der Waals surface area contributed by atoms with Crippen LogP contribution in [0.5, 0.6) is 0 Å². The van der Waals surface area contributed by atoms with Gasteiger partial charge in [0, 0.05) is 11.1 Å². The third-order valence-electron chi connectivity index (χ3n) is 3.86. The summed E-state index contributed by atoms with van der Waals surface area (Å²) >= 11 is 0. The topological polar surface area (TPSA) is 76.6 Å². The van der Waals surface area contributed by atoms with Gasteiger partial charge in [0.1, 0.15) is 6.54 Å². The Morgan fingerprint density at radius 1 is 1.09 bits per heavy atom. The van der Waals surface area contributed by atoms with Gasteiger partial charge in [-0.2, -0.15) is 0 Å². The van der Waals surface area contributed by atoms with Crippen molar-refractivity contribution in [1.29, 1.82) is 0 Å². The number of likely N-dealkylation sites (N-methyl/N-ethyl adjacent to an activating group) is 1. The first-order chi connectivity index (χ1) is 11.0. The summed E-state index contributed by atoms with van der Waals surface area (Å²) < 4.78 is 0. The minimum absolute atomic E-state index is 0.394. The number of quaternary nitrogens is 1. The predicted molar refractivity (Wildman–Crippen MR) is 88.7 cm³/mol. The largest absolute Gasteiger partial charge is 0.351 e. The summed E-state index contributed by atoms with van der Waals surface area (Å²) in [5.74, 6) is -0.394. The minimum atomic E-state index is -0.834. The maximum absolute atomic E-state index is 12.4. The fraction of sp³-hybridized carbons (Fsp3) is 0.222. The van der Waals surface area contributed by atoms with Crippen molar-refractivity contribution in [3.63, 3.8) is 0 Å². The minimum Gasteiger partial charge on any atom is -0.351 e. The number of carbonyl (C=O) groups is 2. The second-order valence-corrected chi connectivity index (χ2v) is 5.65. The lowest BCUT2D eigenvalue weighted by Gasteiger charge is -2.24. The highest BCUT2D eigenvalue weighted by Crippen LogP contribution is 2.11. The van der Waals surface area contributed by atoms with E-state index in [1.54, 1.807) is 0 Å². The van der Waals surface area contributed by atoms with Crippen LogP contribution in [-0.4, -0.2) is 19.0 Å². The molecule has 0 radical (unpaired) electrons. The monoisotopic (exact) mass is 312 g/mol. The molecule has 0 heterocycles. The molecule has 4 N–H and O–H groups in total. The fourth-order valence-corrected chi connectivity index (χ4v) is 2.71. The van der Waals surface area contributed by atoms with Gasteiger partial charge in [-0.3, -0.25) is 10.1 Å². The molecular formula is C18H22N3O2+. The van der Waals surface area contributed by atoms with Gasteiger partial charge in [0.25, 0.3) is 5.91 Å². The Labute approximate surface area is 136 Å². The number of primary amides is 1. The average molecular weight is 312 g/mol. The lowest BCUT2D eigenvalue weighted by atomic mass is 10.0. The summed E-state index contributed by atoms with van der Waals surface area (Å²) in [4.78, 5) is 24.5. The summed E-state index contributed by atoms with van der Waals surface area (Å²) in [6, 6.07) is 16.1. The lowest BCUT2D eigenvalue weighted by Crippen LogP contribution is -3.09. The Morgan fingerprint density at radius 3 is 2.30 bits per heavy atom. The first kappa shape index (κ1) is 16.7. The predicted octanol–water partition coefficient (Wildman–Crippen LogP) is 0.946. The van der Waals surface area contributed by atoms with Crippen LogP contribution in [0.25, 0.3) is 0 Å². The molecule has 2 rings (SSSR count). The fourth-order valence-electron chi connectivity index (χ4n) is 2.71. The van der Waals surface area contributed by atoms with Crippen molar-refractivity contribution in [2.45, 2.75) is 19.5 Å². The van der Waals surface area contributed by atoms with Crippen LogP contribution in [0.2, 0.25) is 0 Å². The van der Waals surface area contributed by atoms with Gasteiger partial charge in [-0.1, -0.05) is 54.6 Å². The van der Waals surface area contributed by atoms with Crippen molar-refractivity contribution in [1.82, 2.24) is 5.32 Å². The molecule has 0 aliphatic heterocycles. The third kappa shape index (κ3) is 4.40. The van der Waals surface area contributed by atoms with Crippen molar-refractivity contribution in [2.75, 3.05) is 7.05 Å². The molecule has 0 saturated carbocycles. The zero-order chi connectivity index (χ0) is 16.8. The van der Waals surface area contributed by atoms with E-state index in [2.05, 4.69) is 5.32 Å². The van der Waals surface area contributed by atoms with E-state index in [1.165, 1.54) is 5.56 Å². The van der Waals surface area contributed by atoms with Gasteiger partial charge in [-0.15, -0.1) is 0 Å². The number of rotatable bonds is 5. The molecule has 120 valence electrons. The van der Waals surface area contributed by atoms with E-state index in [0.717, 1.165) is 16.0 Å². The Balaban J connectivity index is 2.27. The number of aryl methyl sites for hydroxylation is 1. The molecule has 2 atom stereocenters. The van der Waals surface area contributed by atoms with Gasteiger partial charge < -0.3 is 10.6 Å². The molecule has 0 saturated heterocycles. The number of benzene rings is 2. The van der Waals surface area contributed by atoms with Crippen molar-refractivity contribution in [3.05, 3.63) is 71.3 Å². The molecular weight excluding hydrogens is 290 g/mol. The molecule has 0 aromatic heterocycles. The van der Waals surface area contributed by atoms with E-state index in [-0.39, 0.29) is 0 Å². The zero-order valence-electron chi connectivity index (χ0n) is 13.4. The second kappa shape index (κ2) is 7.56. The highest BCUT2D eigenvalue weighted by molar-refractivity contribution is 5.96. The molecule has 0 aliphatic rings. The van der Waals surface area contributed by atoms with Gasteiger partial charge in [-0.05, 0) is 12.5 Å². The van der Waals surface area contributed by atoms with E-state index in [0.29, 0.717) is 6.54 Å². The first-order valence-corrected chi connectivity index (χ1v) is 7.51. The summed E-state index contributed by atoms with van der Waals surface area (Å²) in [7, 11) is 1.94. The van der Waals surface area contributed by atoms with E-state index in [9.17, 15) is 9.59 Å². The molecule has 0 bridgehead atoms. The van der Waals surface area contributed by atoms with Crippen LogP contribution in [-0.2, 0) is 11.3 Å². The van der Waals surface area contributed by atoms with E-state index in [1.807, 2.05) is 68.6 Å². The van der Waals surface area contributed by atoms with Gasteiger partial charge >= 0.3 is 6.03 Å². The Bertz CT molecular complexity index is 686. The maximum Gasteiger partial charge on any atom is 0.319 e. The van der Waals surface area contributed by atoms with Gasteiger partial charge in [0.2, 0.25) is 0 Å².